The molecule has 2 aromatic carbocycles. The minimum absolute atomic E-state index is 0.115. The van der Waals surface area contributed by atoms with Crippen LogP contribution in [-0.2, 0) is 0 Å². The van der Waals surface area contributed by atoms with Crippen molar-refractivity contribution < 1.29 is 14.6 Å². The fraction of sp³-hybridized carbons (Fsp3) is 0.125. The molecule has 0 saturated heterocycles. The molecule has 0 spiro atoms. The number of halogens is 2. The molecule has 0 bridgehead atoms. The maximum atomic E-state index is 9.85. The number of rotatable bonds is 5. The highest BCUT2D eigenvalue weighted by molar-refractivity contribution is 7.80. The summed E-state index contributed by atoms with van der Waals surface area (Å²) in [6.07, 6.45) is 1.36. The molecule has 0 aromatic heterocycles. The second-order valence-corrected chi connectivity index (χ2v) is 5.97. The average Bonchev–Trinajstić information content (AvgIpc) is 2.58. The van der Waals surface area contributed by atoms with Crippen molar-refractivity contribution in [3.63, 3.8) is 0 Å². The monoisotopic (exact) mass is 399 g/mol. The molecule has 0 unspecified atom stereocenters. The number of nitrogens with one attached hydrogen (secondary N) is 2. The maximum Gasteiger partial charge on any atom is 0.191 e. The van der Waals surface area contributed by atoms with Crippen LogP contribution in [0.4, 0.5) is 5.69 Å². The Morgan fingerprint density at radius 2 is 1.88 bits per heavy atom. The van der Waals surface area contributed by atoms with E-state index in [1.165, 1.54) is 18.3 Å². The average molecular weight is 400 g/mol. The van der Waals surface area contributed by atoms with Crippen molar-refractivity contribution in [2.24, 2.45) is 5.10 Å². The van der Waals surface area contributed by atoms with Crippen LogP contribution >= 0.6 is 35.4 Å². The van der Waals surface area contributed by atoms with Crippen LogP contribution in [0.2, 0.25) is 10.0 Å². The van der Waals surface area contributed by atoms with Gasteiger partial charge in [-0.05, 0) is 36.5 Å². The van der Waals surface area contributed by atoms with Gasteiger partial charge in [-0.15, -0.1) is 0 Å². The molecule has 0 aliphatic carbocycles. The van der Waals surface area contributed by atoms with E-state index in [9.17, 15) is 5.11 Å². The molecule has 0 atom stereocenters. The summed E-state index contributed by atoms with van der Waals surface area (Å²) in [5.74, 6) is 1.06. The summed E-state index contributed by atoms with van der Waals surface area (Å²) >= 11 is 16.9. The predicted molar refractivity (Wildman–Crippen MR) is 105 cm³/mol. The Morgan fingerprint density at radius 3 is 2.56 bits per heavy atom. The first-order valence-electron chi connectivity index (χ1n) is 6.94. The van der Waals surface area contributed by atoms with E-state index < -0.39 is 0 Å². The third kappa shape index (κ3) is 5.12. The van der Waals surface area contributed by atoms with Crippen LogP contribution in [0.3, 0.4) is 0 Å². The van der Waals surface area contributed by atoms with E-state index in [-0.39, 0.29) is 15.9 Å². The number of hydrazone groups is 1. The number of hydrogen-bond donors (Lipinski definition) is 3. The van der Waals surface area contributed by atoms with E-state index in [1.807, 2.05) is 0 Å². The summed E-state index contributed by atoms with van der Waals surface area (Å²) in [5.41, 5.74) is 3.69. The third-order valence-electron chi connectivity index (χ3n) is 3.07. The van der Waals surface area contributed by atoms with Gasteiger partial charge in [0.15, 0.2) is 16.6 Å². The van der Waals surface area contributed by atoms with Crippen LogP contribution < -0.4 is 20.2 Å². The zero-order valence-corrected chi connectivity index (χ0v) is 15.7. The number of hydrogen-bond acceptors (Lipinski definition) is 5. The lowest BCUT2D eigenvalue weighted by molar-refractivity contribution is 0.355. The van der Waals surface area contributed by atoms with Crippen LogP contribution in [0.15, 0.2) is 35.4 Å². The molecule has 2 aromatic rings. The smallest absolute Gasteiger partial charge is 0.191 e. The number of anilines is 1. The Balaban J connectivity index is 2.01. The molecule has 25 heavy (non-hydrogen) atoms. The number of phenols is 1. The SMILES string of the molecule is COc1ccc(NC(=S)N/N=C/c2cc(Cl)cc(Cl)c2O)cc1OC. The molecule has 3 N–H and O–H groups in total. The number of aromatic hydroxyl groups is 1. The van der Waals surface area contributed by atoms with Crippen LogP contribution in [0.5, 0.6) is 17.2 Å². The molecule has 0 aliphatic heterocycles. The fourth-order valence-corrected chi connectivity index (χ4v) is 2.60. The lowest BCUT2D eigenvalue weighted by Crippen LogP contribution is -2.23. The summed E-state index contributed by atoms with van der Waals surface area (Å²) in [6.45, 7) is 0. The molecule has 0 amide bonds. The summed E-state index contributed by atoms with van der Waals surface area (Å²) in [7, 11) is 3.11. The minimum atomic E-state index is -0.115. The second-order valence-electron chi connectivity index (χ2n) is 4.72. The first-order valence-corrected chi connectivity index (χ1v) is 8.11. The Kier molecular flexibility index (Phi) is 6.69. The van der Waals surface area contributed by atoms with Crippen molar-refractivity contribution in [2.75, 3.05) is 19.5 Å². The van der Waals surface area contributed by atoms with Crippen molar-refractivity contribution in [3.8, 4) is 17.2 Å². The first-order chi connectivity index (χ1) is 11.9. The highest BCUT2D eigenvalue weighted by atomic mass is 35.5. The first kappa shape index (κ1) is 19.1. The molecular formula is C16H15Cl2N3O3S. The van der Waals surface area contributed by atoms with Gasteiger partial charge in [0.2, 0.25) is 0 Å². The zero-order valence-electron chi connectivity index (χ0n) is 13.3. The van der Waals surface area contributed by atoms with Gasteiger partial charge in [-0.3, -0.25) is 5.43 Å². The molecule has 6 nitrogen and oxygen atoms in total. The Hall–Kier alpha value is -2.22. The van der Waals surface area contributed by atoms with E-state index in [0.717, 1.165) is 0 Å². The quantitative estimate of drug-likeness (QED) is 0.400. The molecule has 0 saturated carbocycles. The Bertz CT molecular complexity index is 815. The standard InChI is InChI=1S/C16H15Cl2N3O3S/c1-23-13-4-3-11(7-14(13)24-2)20-16(25)21-19-8-9-5-10(17)6-12(18)15(9)22/h3-8,22H,1-2H3,(H2,20,21,25)/b19-8+. The second kappa shape index (κ2) is 8.75. The van der Waals surface area contributed by atoms with Gasteiger partial charge in [0.1, 0.15) is 5.75 Å². The molecule has 0 radical (unpaired) electrons. The van der Waals surface area contributed by atoms with Crippen LogP contribution in [-0.4, -0.2) is 30.7 Å². The predicted octanol–water partition coefficient (Wildman–Crippen LogP) is 4.04. The molecule has 2 rings (SSSR count). The van der Waals surface area contributed by atoms with Gasteiger partial charge < -0.3 is 19.9 Å². The van der Waals surface area contributed by atoms with Gasteiger partial charge in [0.25, 0.3) is 0 Å². The van der Waals surface area contributed by atoms with E-state index in [0.29, 0.717) is 27.8 Å². The van der Waals surface area contributed by atoms with Crippen LogP contribution in [0.25, 0.3) is 0 Å². The molecular weight excluding hydrogens is 385 g/mol. The van der Waals surface area contributed by atoms with Gasteiger partial charge in [0, 0.05) is 22.3 Å². The highest BCUT2D eigenvalue weighted by Gasteiger charge is 2.07. The van der Waals surface area contributed by atoms with Crippen molar-refractivity contribution in [3.05, 3.63) is 45.9 Å². The van der Waals surface area contributed by atoms with E-state index in [4.69, 9.17) is 44.9 Å². The number of methoxy groups -OCH3 is 2. The van der Waals surface area contributed by atoms with Crippen molar-refractivity contribution in [1.29, 1.82) is 0 Å². The van der Waals surface area contributed by atoms with Gasteiger partial charge in [-0.1, -0.05) is 23.2 Å². The topological polar surface area (TPSA) is 75.1 Å². The van der Waals surface area contributed by atoms with E-state index in [2.05, 4.69) is 15.8 Å². The lowest BCUT2D eigenvalue weighted by Gasteiger charge is -2.11. The van der Waals surface area contributed by atoms with Crippen molar-refractivity contribution >= 4 is 52.4 Å². The molecule has 0 fully saturated rings. The normalized spacial score (nSPS) is 10.6. The number of benzene rings is 2. The van der Waals surface area contributed by atoms with Crippen molar-refractivity contribution in [2.45, 2.75) is 0 Å². The summed E-state index contributed by atoms with van der Waals surface area (Å²) in [4.78, 5) is 0. The maximum absolute atomic E-state index is 9.85. The van der Waals surface area contributed by atoms with Gasteiger partial charge >= 0.3 is 0 Å². The number of thiocarbonyl (C=S) groups is 1. The van der Waals surface area contributed by atoms with E-state index in [1.54, 1.807) is 32.4 Å². The van der Waals surface area contributed by atoms with Crippen LogP contribution in [0.1, 0.15) is 5.56 Å². The molecule has 132 valence electrons. The number of phenolic OH excluding ortho intramolecular Hbond substituents is 1. The number of ether oxygens (including phenoxy) is 2. The largest absolute Gasteiger partial charge is 0.506 e. The fourth-order valence-electron chi connectivity index (χ4n) is 1.92. The zero-order chi connectivity index (χ0) is 18.4. The van der Waals surface area contributed by atoms with E-state index >= 15 is 0 Å². The Morgan fingerprint density at radius 1 is 1.16 bits per heavy atom. The Labute approximate surface area is 160 Å². The highest BCUT2D eigenvalue weighted by Crippen LogP contribution is 2.30. The summed E-state index contributed by atoms with van der Waals surface area (Å²) < 4.78 is 10.4. The molecule has 0 aliphatic rings. The summed E-state index contributed by atoms with van der Waals surface area (Å²) in [5, 5.41) is 17.5. The van der Waals surface area contributed by atoms with Crippen molar-refractivity contribution in [1.82, 2.24) is 5.43 Å². The van der Waals surface area contributed by atoms with Gasteiger partial charge in [0.05, 0.1) is 25.5 Å². The summed E-state index contributed by atoms with van der Waals surface area (Å²) in [6, 6.07) is 8.23. The molecule has 0 heterocycles. The van der Waals surface area contributed by atoms with Gasteiger partial charge in [-0.25, -0.2) is 0 Å². The molecule has 9 heteroatoms. The van der Waals surface area contributed by atoms with Crippen LogP contribution in [0, 0.1) is 0 Å². The van der Waals surface area contributed by atoms with Gasteiger partial charge in [-0.2, -0.15) is 5.10 Å². The number of nitrogens with zero attached hydrogens (tertiary/aromatic N) is 1. The lowest BCUT2D eigenvalue weighted by atomic mass is 10.2. The third-order valence-corrected chi connectivity index (χ3v) is 3.77. The minimum Gasteiger partial charge on any atom is -0.506 e.